The standard InChI is InChI=1S/C25H28O3/c1-13-10-21(15(3)17(5)24(13)27)23(19-8-7-9-20(26)12-19)22-11-14(2)25(28)18(6)16(22)4/h7-12,23,26-28H,1-6H3. The third-order valence-corrected chi connectivity index (χ3v) is 6.02. The topological polar surface area (TPSA) is 60.7 Å². The molecule has 3 N–H and O–H groups in total. The highest BCUT2D eigenvalue weighted by Crippen LogP contribution is 2.42. The van der Waals surface area contributed by atoms with Crippen molar-refractivity contribution in [3.05, 3.63) is 86.5 Å². The van der Waals surface area contributed by atoms with E-state index < -0.39 is 0 Å². The van der Waals surface area contributed by atoms with Gasteiger partial charge in [-0.1, -0.05) is 24.3 Å². The molecular formula is C25H28O3. The summed E-state index contributed by atoms with van der Waals surface area (Å²) in [5, 5.41) is 30.9. The number of phenols is 3. The van der Waals surface area contributed by atoms with Crippen LogP contribution in [0.5, 0.6) is 17.2 Å². The van der Waals surface area contributed by atoms with Gasteiger partial charge in [-0.2, -0.15) is 0 Å². The van der Waals surface area contributed by atoms with E-state index in [9.17, 15) is 15.3 Å². The van der Waals surface area contributed by atoms with Crippen molar-refractivity contribution in [2.75, 3.05) is 0 Å². The molecule has 3 aromatic carbocycles. The molecule has 0 aliphatic carbocycles. The molecule has 0 unspecified atom stereocenters. The van der Waals surface area contributed by atoms with E-state index in [-0.39, 0.29) is 11.7 Å². The molecule has 146 valence electrons. The van der Waals surface area contributed by atoms with Gasteiger partial charge in [-0.05, 0) is 104 Å². The third-order valence-electron chi connectivity index (χ3n) is 6.02. The van der Waals surface area contributed by atoms with Crippen LogP contribution in [0, 0.1) is 41.5 Å². The van der Waals surface area contributed by atoms with Gasteiger partial charge in [-0.25, -0.2) is 0 Å². The van der Waals surface area contributed by atoms with Crippen LogP contribution in [0.4, 0.5) is 0 Å². The van der Waals surface area contributed by atoms with Gasteiger partial charge in [0.1, 0.15) is 17.2 Å². The Balaban J connectivity index is 2.40. The lowest BCUT2D eigenvalue weighted by molar-refractivity contribution is 0.465. The van der Waals surface area contributed by atoms with E-state index in [0.29, 0.717) is 11.5 Å². The first-order valence-corrected chi connectivity index (χ1v) is 9.51. The van der Waals surface area contributed by atoms with Crippen LogP contribution in [0.3, 0.4) is 0 Å². The van der Waals surface area contributed by atoms with E-state index in [1.807, 2.05) is 65.8 Å². The monoisotopic (exact) mass is 376 g/mol. The van der Waals surface area contributed by atoms with Gasteiger partial charge >= 0.3 is 0 Å². The maximum atomic E-state index is 10.4. The summed E-state index contributed by atoms with van der Waals surface area (Å²) >= 11 is 0. The fraction of sp³-hybridized carbons (Fsp3) is 0.280. The Hall–Kier alpha value is -2.94. The van der Waals surface area contributed by atoms with Gasteiger partial charge in [0.05, 0.1) is 0 Å². The molecule has 28 heavy (non-hydrogen) atoms. The lowest BCUT2D eigenvalue weighted by Crippen LogP contribution is -2.10. The van der Waals surface area contributed by atoms with Crippen LogP contribution in [-0.2, 0) is 0 Å². The highest BCUT2D eigenvalue weighted by molar-refractivity contribution is 5.59. The van der Waals surface area contributed by atoms with E-state index in [2.05, 4.69) is 0 Å². The Kier molecular flexibility index (Phi) is 5.12. The molecule has 0 saturated heterocycles. The lowest BCUT2D eigenvalue weighted by atomic mass is 9.78. The van der Waals surface area contributed by atoms with Crippen LogP contribution in [-0.4, -0.2) is 15.3 Å². The van der Waals surface area contributed by atoms with E-state index in [0.717, 1.165) is 50.1 Å². The molecule has 3 heteroatoms. The van der Waals surface area contributed by atoms with Crippen LogP contribution >= 0.6 is 0 Å². The van der Waals surface area contributed by atoms with Crippen molar-refractivity contribution in [3.63, 3.8) is 0 Å². The van der Waals surface area contributed by atoms with E-state index in [4.69, 9.17) is 0 Å². The molecule has 0 spiro atoms. The molecule has 0 amide bonds. The molecule has 0 atom stereocenters. The second-order valence-electron chi connectivity index (χ2n) is 7.79. The predicted molar refractivity (Wildman–Crippen MR) is 114 cm³/mol. The zero-order chi connectivity index (χ0) is 20.7. The van der Waals surface area contributed by atoms with E-state index in [1.54, 1.807) is 12.1 Å². The summed E-state index contributed by atoms with van der Waals surface area (Å²) in [6.45, 7) is 11.7. The fourth-order valence-corrected chi connectivity index (χ4v) is 4.03. The average Bonchev–Trinajstić information content (AvgIpc) is 2.66. The largest absolute Gasteiger partial charge is 0.508 e. The zero-order valence-electron chi connectivity index (χ0n) is 17.4. The summed E-state index contributed by atoms with van der Waals surface area (Å²) < 4.78 is 0. The van der Waals surface area contributed by atoms with Crippen LogP contribution in [0.15, 0.2) is 36.4 Å². The summed E-state index contributed by atoms with van der Waals surface area (Å²) in [6, 6.07) is 11.4. The van der Waals surface area contributed by atoms with Crippen molar-refractivity contribution in [2.24, 2.45) is 0 Å². The quantitative estimate of drug-likeness (QED) is 0.504. The summed E-state index contributed by atoms with van der Waals surface area (Å²) in [4.78, 5) is 0. The van der Waals surface area contributed by atoms with Gasteiger partial charge in [0, 0.05) is 5.92 Å². The zero-order valence-corrected chi connectivity index (χ0v) is 17.4. The highest BCUT2D eigenvalue weighted by Gasteiger charge is 2.25. The molecule has 0 fully saturated rings. The average molecular weight is 376 g/mol. The van der Waals surface area contributed by atoms with E-state index >= 15 is 0 Å². The summed E-state index contributed by atoms with van der Waals surface area (Å²) in [5.74, 6) is 0.747. The smallest absolute Gasteiger partial charge is 0.121 e. The SMILES string of the molecule is Cc1cc(C(c2cccc(O)c2)c2cc(C)c(O)c(C)c2C)c(C)c(C)c1O. The summed E-state index contributed by atoms with van der Waals surface area (Å²) in [5.41, 5.74) is 8.59. The molecule has 0 heterocycles. The first-order chi connectivity index (χ1) is 13.1. The number of phenolic OH excluding ortho intramolecular Hbond substituents is 3. The normalized spacial score (nSPS) is 11.2. The number of benzene rings is 3. The van der Waals surface area contributed by atoms with Crippen LogP contribution < -0.4 is 0 Å². The van der Waals surface area contributed by atoms with Crippen molar-refractivity contribution in [1.82, 2.24) is 0 Å². The van der Waals surface area contributed by atoms with Gasteiger partial charge in [-0.15, -0.1) is 0 Å². The van der Waals surface area contributed by atoms with Gasteiger partial charge in [0.15, 0.2) is 0 Å². The first-order valence-electron chi connectivity index (χ1n) is 9.51. The molecule has 0 radical (unpaired) electrons. The molecule has 0 aromatic heterocycles. The Morgan fingerprint density at radius 2 is 1.07 bits per heavy atom. The molecule has 0 aliphatic heterocycles. The lowest BCUT2D eigenvalue weighted by Gasteiger charge is -2.26. The van der Waals surface area contributed by atoms with Crippen molar-refractivity contribution in [2.45, 2.75) is 47.5 Å². The Labute approximate surface area is 166 Å². The summed E-state index contributed by atoms with van der Waals surface area (Å²) in [7, 11) is 0. The Morgan fingerprint density at radius 3 is 1.50 bits per heavy atom. The first kappa shape index (κ1) is 19.8. The van der Waals surface area contributed by atoms with Gasteiger partial charge in [0.25, 0.3) is 0 Å². The van der Waals surface area contributed by atoms with Crippen LogP contribution in [0.1, 0.15) is 56.0 Å². The molecule has 3 nitrogen and oxygen atoms in total. The number of hydrogen-bond donors (Lipinski definition) is 3. The van der Waals surface area contributed by atoms with Gasteiger partial charge in [-0.3, -0.25) is 0 Å². The van der Waals surface area contributed by atoms with Gasteiger partial charge in [0.2, 0.25) is 0 Å². The Bertz CT molecular complexity index is 1000. The number of aromatic hydroxyl groups is 3. The second kappa shape index (κ2) is 7.23. The minimum absolute atomic E-state index is 0.122. The van der Waals surface area contributed by atoms with Gasteiger partial charge < -0.3 is 15.3 Å². The maximum Gasteiger partial charge on any atom is 0.121 e. The number of aryl methyl sites for hydroxylation is 2. The molecular weight excluding hydrogens is 348 g/mol. The fourth-order valence-electron chi connectivity index (χ4n) is 4.03. The molecule has 3 rings (SSSR count). The highest BCUT2D eigenvalue weighted by atomic mass is 16.3. The van der Waals surface area contributed by atoms with E-state index in [1.165, 1.54) is 0 Å². The maximum absolute atomic E-state index is 10.4. The minimum Gasteiger partial charge on any atom is -0.508 e. The minimum atomic E-state index is -0.122. The Morgan fingerprint density at radius 1 is 0.607 bits per heavy atom. The predicted octanol–water partition coefficient (Wildman–Crippen LogP) is 5.83. The van der Waals surface area contributed by atoms with Crippen LogP contribution in [0.25, 0.3) is 0 Å². The van der Waals surface area contributed by atoms with Crippen molar-refractivity contribution >= 4 is 0 Å². The van der Waals surface area contributed by atoms with Crippen molar-refractivity contribution < 1.29 is 15.3 Å². The molecule has 0 bridgehead atoms. The van der Waals surface area contributed by atoms with Crippen molar-refractivity contribution in [3.8, 4) is 17.2 Å². The van der Waals surface area contributed by atoms with Crippen LogP contribution in [0.2, 0.25) is 0 Å². The second-order valence-corrected chi connectivity index (χ2v) is 7.79. The molecule has 0 aliphatic rings. The number of rotatable bonds is 3. The number of hydrogen-bond acceptors (Lipinski definition) is 3. The summed E-state index contributed by atoms with van der Waals surface area (Å²) in [6.07, 6.45) is 0. The van der Waals surface area contributed by atoms with Crippen molar-refractivity contribution in [1.29, 1.82) is 0 Å². The molecule has 3 aromatic rings. The molecule has 0 saturated carbocycles. The third kappa shape index (κ3) is 3.22.